The Morgan fingerprint density at radius 1 is 1.30 bits per heavy atom. The highest BCUT2D eigenvalue weighted by molar-refractivity contribution is 6.36. The summed E-state index contributed by atoms with van der Waals surface area (Å²) in [7, 11) is 0. The van der Waals surface area contributed by atoms with Crippen LogP contribution in [-0.4, -0.2) is 25.4 Å². The average Bonchev–Trinajstić information content (AvgIpc) is 3.02. The molecule has 4 rings (SSSR count). The van der Waals surface area contributed by atoms with Crippen molar-refractivity contribution in [3.05, 3.63) is 34.2 Å². The molecular formula is C19H20Cl2FN7O. The van der Waals surface area contributed by atoms with E-state index in [1.807, 2.05) is 11.5 Å². The Kier molecular flexibility index (Phi) is 5.19. The molecule has 0 unspecified atom stereocenters. The zero-order chi connectivity index (χ0) is 21.6. The van der Waals surface area contributed by atoms with Crippen LogP contribution in [0.15, 0.2) is 18.3 Å². The highest BCUT2D eigenvalue weighted by Gasteiger charge is 2.37. The van der Waals surface area contributed by atoms with Gasteiger partial charge in [0.05, 0.1) is 16.9 Å². The van der Waals surface area contributed by atoms with Gasteiger partial charge in [0.15, 0.2) is 5.65 Å². The Hall–Kier alpha value is -2.65. The van der Waals surface area contributed by atoms with Crippen LogP contribution in [0.5, 0.6) is 0 Å². The number of fused-ring (bicyclic) bond motifs is 1. The van der Waals surface area contributed by atoms with Gasteiger partial charge in [-0.25, -0.2) is 14.4 Å². The van der Waals surface area contributed by atoms with E-state index in [1.165, 1.54) is 18.3 Å². The number of amides is 1. The lowest BCUT2D eigenvalue weighted by molar-refractivity contribution is -0.128. The smallest absolute Gasteiger partial charge is 0.223 e. The number of hydrogen-bond donors (Lipinski definition) is 3. The zero-order valence-electron chi connectivity index (χ0n) is 16.1. The van der Waals surface area contributed by atoms with Crippen LogP contribution in [0.2, 0.25) is 10.0 Å². The van der Waals surface area contributed by atoms with Crippen molar-refractivity contribution >= 4 is 57.9 Å². The second-order valence-electron chi connectivity index (χ2n) is 7.77. The first-order valence-electron chi connectivity index (χ1n) is 9.40. The third-order valence-corrected chi connectivity index (χ3v) is 6.23. The second kappa shape index (κ2) is 7.55. The molecule has 1 amide bonds. The molecule has 3 aromatic rings. The average molecular weight is 452 g/mol. The molecule has 1 fully saturated rings. The number of primary amides is 1. The van der Waals surface area contributed by atoms with Gasteiger partial charge in [0.25, 0.3) is 0 Å². The number of carbonyl (C=O) groups excluding carboxylic acids is 1. The number of rotatable bonds is 4. The predicted octanol–water partition coefficient (Wildman–Crippen LogP) is 4.20. The maximum Gasteiger partial charge on any atom is 0.223 e. The molecule has 11 heteroatoms. The van der Waals surface area contributed by atoms with E-state index in [-0.39, 0.29) is 33.6 Å². The summed E-state index contributed by atoms with van der Waals surface area (Å²) in [4.78, 5) is 24.7. The van der Waals surface area contributed by atoms with E-state index in [1.54, 1.807) is 0 Å². The molecule has 0 atom stereocenters. The van der Waals surface area contributed by atoms with Gasteiger partial charge in [0.1, 0.15) is 11.3 Å². The van der Waals surface area contributed by atoms with E-state index in [4.69, 9.17) is 34.7 Å². The predicted molar refractivity (Wildman–Crippen MR) is 114 cm³/mol. The van der Waals surface area contributed by atoms with E-state index < -0.39 is 11.2 Å². The lowest BCUT2D eigenvalue weighted by Crippen LogP contribution is -2.38. The molecule has 2 aromatic heterocycles. The Morgan fingerprint density at radius 2 is 2.00 bits per heavy atom. The summed E-state index contributed by atoms with van der Waals surface area (Å²) in [6.07, 6.45) is 4.07. The van der Waals surface area contributed by atoms with Gasteiger partial charge >= 0.3 is 0 Å². The Labute approximate surface area is 181 Å². The number of halogens is 3. The van der Waals surface area contributed by atoms with Gasteiger partial charge in [-0.1, -0.05) is 30.1 Å². The van der Waals surface area contributed by atoms with Crippen LogP contribution in [-0.2, 0) is 4.79 Å². The maximum atomic E-state index is 14.5. The first kappa shape index (κ1) is 20.6. The van der Waals surface area contributed by atoms with Crippen molar-refractivity contribution in [3.63, 3.8) is 0 Å². The molecule has 158 valence electrons. The fourth-order valence-corrected chi connectivity index (χ4v) is 4.37. The number of aromatic nitrogens is 4. The molecule has 1 aliphatic rings. The number of carbonyl (C=O) groups is 1. The summed E-state index contributed by atoms with van der Waals surface area (Å²) in [6, 6.07) is 2.56. The van der Waals surface area contributed by atoms with E-state index in [9.17, 15) is 9.18 Å². The number of nitrogens with one attached hydrogen (secondary N) is 1. The standard InChI is InChI=1S/C19H20Cl2FN7O/c1-19(16(23)30)4-2-10(3-5-19)29-15-13(8-25-17(24)28-15)26-18(29)27-14-11(21)6-9(20)7-12(14)22/h6-8,10H,2-5H2,1H3,(H2,23,30)(H,26,27)(H2,24,25,28). The van der Waals surface area contributed by atoms with Gasteiger partial charge in [-0.3, -0.25) is 9.36 Å². The third kappa shape index (κ3) is 3.63. The molecule has 2 heterocycles. The van der Waals surface area contributed by atoms with Crippen molar-refractivity contribution in [3.8, 4) is 0 Å². The van der Waals surface area contributed by atoms with Crippen LogP contribution in [0.25, 0.3) is 11.2 Å². The minimum Gasteiger partial charge on any atom is -0.369 e. The van der Waals surface area contributed by atoms with Crippen LogP contribution >= 0.6 is 23.2 Å². The highest BCUT2D eigenvalue weighted by atomic mass is 35.5. The summed E-state index contributed by atoms with van der Waals surface area (Å²) >= 11 is 12.1. The quantitative estimate of drug-likeness (QED) is 0.545. The summed E-state index contributed by atoms with van der Waals surface area (Å²) < 4.78 is 16.4. The number of benzene rings is 1. The lowest BCUT2D eigenvalue weighted by atomic mass is 9.73. The number of anilines is 3. The number of nitrogens with zero attached hydrogens (tertiary/aromatic N) is 4. The summed E-state index contributed by atoms with van der Waals surface area (Å²) in [6.45, 7) is 1.87. The van der Waals surface area contributed by atoms with Crippen molar-refractivity contribution in [2.45, 2.75) is 38.6 Å². The number of hydrogen-bond acceptors (Lipinski definition) is 6. The van der Waals surface area contributed by atoms with Crippen LogP contribution in [0, 0.1) is 11.2 Å². The lowest BCUT2D eigenvalue weighted by Gasteiger charge is -2.35. The van der Waals surface area contributed by atoms with E-state index >= 15 is 0 Å². The van der Waals surface area contributed by atoms with Gasteiger partial charge in [-0.05, 0) is 37.8 Å². The van der Waals surface area contributed by atoms with Crippen LogP contribution in [0.4, 0.5) is 22.0 Å². The fraction of sp³-hybridized carbons (Fsp3) is 0.368. The van der Waals surface area contributed by atoms with E-state index in [2.05, 4.69) is 20.3 Å². The molecular weight excluding hydrogens is 432 g/mol. The zero-order valence-corrected chi connectivity index (χ0v) is 17.6. The third-order valence-electron chi connectivity index (χ3n) is 5.71. The van der Waals surface area contributed by atoms with Crippen molar-refractivity contribution in [2.75, 3.05) is 11.1 Å². The molecule has 5 N–H and O–H groups in total. The molecule has 1 aromatic carbocycles. The summed E-state index contributed by atoms with van der Waals surface area (Å²) in [5.74, 6) is -0.470. The van der Waals surface area contributed by atoms with Crippen molar-refractivity contribution in [2.24, 2.45) is 11.1 Å². The molecule has 0 bridgehead atoms. The van der Waals surface area contributed by atoms with E-state index in [0.717, 1.165) is 0 Å². The van der Waals surface area contributed by atoms with Crippen LogP contribution < -0.4 is 16.8 Å². The molecule has 0 radical (unpaired) electrons. The molecule has 1 aliphatic carbocycles. The van der Waals surface area contributed by atoms with Gasteiger partial charge in [-0.15, -0.1) is 0 Å². The number of nitrogen functional groups attached to an aromatic ring is 1. The van der Waals surface area contributed by atoms with Crippen LogP contribution in [0.3, 0.4) is 0 Å². The molecule has 8 nitrogen and oxygen atoms in total. The SMILES string of the molecule is CC1(C(N)=O)CCC(n2c(Nc3c(F)cc(Cl)cc3Cl)nc3cnc(N)nc32)CC1. The van der Waals surface area contributed by atoms with Crippen molar-refractivity contribution < 1.29 is 9.18 Å². The van der Waals surface area contributed by atoms with Gasteiger partial charge in [-0.2, -0.15) is 4.98 Å². The topological polar surface area (TPSA) is 125 Å². The molecule has 0 saturated heterocycles. The number of nitrogens with two attached hydrogens (primary N) is 2. The molecule has 0 aliphatic heterocycles. The second-order valence-corrected chi connectivity index (χ2v) is 8.61. The van der Waals surface area contributed by atoms with Gasteiger partial charge in [0.2, 0.25) is 17.8 Å². The number of imidazole rings is 1. The Morgan fingerprint density at radius 3 is 2.63 bits per heavy atom. The minimum absolute atomic E-state index is 0.0478. The minimum atomic E-state index is -0.610. The van der Waals surface area contributed by atoms with Gasteiger partial charge < -0.3 is 16.8 Å². The molecule has 0 spiro atoms. The van der Waals surface area contributed by atoms with Gasteiger partial charge in [0, 0.05) is 16.5 Å². The largest absolute Gasteiger partial charge is 0.369 e. The summed E-state index contributed by atoms with van der Waals surface area (Å²) in [5, 5.41) is 3.28. The van der Waals surface area contributed by atoms with Crippen molar-refractivity contribution in [1.29, 1.82) is 0 Å². The van der Waals surface area contributed by atoms with Crippen LogP contribution in [0.1, 0.15) is 38.6 Å². The Balaban J connectivity index is 1.77. The highest BCUT2D eigenvalue weighted by Crippen LogP contribution is 2.43. The maximum absolute atomic E-state index is 14.5. The molecule has 1 saturated carbocycles. The fourth-order valence-electron chi connectivity index (χ4n) is 3.86. The summed E-state index contributed by atoms with van der Waals surface area (Å²) in [5.41, 5.74) is 11.9. The van der Waals surface area contributed by atoms with Crippen molar-refractivity contribution in [1.82, 2.24) is 19.5 Å². The Bertz CT molecular complexity index is 1120. The first-order chi connectivity index (χ1) is 14.2. The first-order valence-corrected chi connectivity index (χ1v) is 10.2. The normalized spacial score (nSPS) is 21.7. The monoisotopic (exact) mass is 451 g/mol. The van der Waals surface area contributed by atoms with E-state index in [0.29, 0.717) is 42.8 Å². The molecule has 30 heavy (non-hydrogen) atoms.